The second kappa shape index (κ2) is 11.8. The van der Waals surface area contributed by atoms with E-state index < -0.39 is 12.0 Å². The van der Waals surface area contributed by atoms with Crippen molar-refractivity contribution in [1.82, 2.24) is 4.90 Å². The standard InChI is InChI=1S/C28H29Cl2NO4/c1-2-34-26-17-21(12-14-25(26)35-18-19-8-4-3-5-9-19)27(20-11-13-22(29)23(30)16-20)31-15-7-6-10-24(31)28(32)33/h3-5,8-9,11-14,16-17,24,27H,2,6-7,10,15,18H2,1H3,(H,32,33). The van der Waals surface area contributed by atoms with E-state index >= 15 is 0 Å². The lowest BCUT2D eigenvalue weighted by Gasteiger charge is -2.40. The molecule has 0 spiro atoms. The van der Waals surface area contributed by atoms with Crippen LogP contribution in [0.3, 0.4) is 0 Å². The molecule has 1 fully saturated rings. The number of nitrogens with zero attached hydrogens (tertiary/aromatic N) is 1. The van der Waals surface area contributed by atoms with Gasteiger partial charge in [-0.15, -0.1) is 0 Å². The number of benzene rings is 3. The molecule has 35 heavy (non-hydrogen) atoms. The first kappa shape index (κ1) is 25.4. The summed E-state index contributed by atoms with van der Waals surface area (Å²) in [6, 6.07) is 20.3. The fourth-order valence-corrected chi connectivity index (χ4v) is 4.91. The van der Waals surface area contributed by atoms with Crippen LogP contribution in [0, 0.1) is 0 Å². The summed E-state index contributed by atoms with van der Waals surface area (Å²) in [5.41, 5.74) is 2.85. The summed E-state index contributed by atoms with van der Waals surface area (Å²) in [5, 5.41) is 10.9. The highest BCUT2D eigenvalue weighted by atomic mass is 35.5. The van der Waals surface area contributed by atoms with Crippen molar-refractivity contribution in [1.29, 1.82) is 0 Å². The molecule has 7 heteroatoms. The third-order valence-electron chi connectivity index (χ3n) is 6.24. The number of carbonyl (C=O) groups is 1. The lowest BCUT2D eigenvalue weighted by atomic mass is 9.91. The minimum absolute atomic E-state index is 0.325. The Balaban J connectivity index is 1.73. The molecule has 3 aromatic rings. The van der Waals surface area contributed by atoms with Gasteiger partial charge >= 0.3 is 5.97 Å². The Hall–Kier alpha value is -2.73. The van der Waals surface area contributed by atoms with Gasteiger partial charge in [-0.1, -0.05) is 72.1 Å². The Morgan fingerprint density at radius 1 is 0.971 bits per heavy atom. The van der Waals surface area contributed by atoms with Crippen LogP contribution in [0.25, 0.3) is 0 Å². The molecule has 184 valence electrons. The van der Waals surface area contributed by atoms with Gasteiger partial charge in [0.05, 0.1) is 22.7 Å². The normalized spacial score (nSPS) is 17.1. The summed E-state index contributed by atoms with van der Waals surface area (Å²) >= 11 is 12.6. The zero-order chi connectivity index (χ0) is 24.8. The van der Waals surface area contributed by atoms with Crippen molar-refractivity contribution in [3.63, 3.8) is 0 Å². The first-order valence-electron chi connectivity index (χ1n) is 11.8. The van der Waals surface area contributed by atoms with Crippen molar-refractivity contribution in [2.75, 3.05) is 13.2 Å². The average Bonchev–Trinajstić information content (AvgIpc) is 2.87. The number of ether oxygens (including phenoxy) is 2. The smallest absolute Gasteiger partial charge is 0.320 e. The number of carboxylic acids is 1. The minimum atomic E-state index is -0.817. The van der Waals surface area contributed by atoms with E-state index in [4.69, 9.17) is 32.7 Å². The van der Waals surface area contributed by atoms with E-state index in [1.54, 1.807) is 6.07 Å². The Labute approximate surface area is 216 Å². The molecule has 1 saturated heterocycles. The van der Waals surface area contributed by atoms with Gasteiger partial charge < -0.3 is 14.6 Å². The van der Waals surface area contributed by atoms with Crippen LogP contribution in [0.5, 0.6) is 11.5 Å². The lowest BCUT2D eigenvalue weighted by Crippen LogP contribution is -2.46. The third-order valence-corrected chi connectivity index (χ3v) is 6.98. The monoisotopic (exact) mass is 513 g/mol. The molecule has 0 saturated carbocycles. The van der Waals surface area contributed by atoms with E-state index in [-0.39, 0.29) is 6.04 Å². The van der Waals surface area contributed by atoms with E-state index in [1.165, 1.54) is 0 Å². The van der Waals surface area contributed by atoms with Gasteiger partial charge in [-0.2, -0.15) is 0 Å². The number of halogens is 2. The molecular formula is C28H29Cl2NO4. The molecule has 1 aliphatic heterocycles. The highest BCUT2D eigenvalue weighted by Gasteiger charge is 2.35. The predicted molar refractivity (Wildman–Crippen MR) is 139 cm³/mol. The molecule has 0 amide bonds. The van der Waals surface area contributed by atoms with Gasteiger partial charge in [0.15, 0.2) is 11.5 Å². The van der Waals surface area contributed by atoms with Crippen LogP contribution in [0.1, 0.15) is 48.9 Å². The van der Waals surface area contributed by atoms with Gasteiger partial charge in [0.25, 0.3) is 0 Å². The number of piperidine rings is 1. The second-order valence-electron chi connectivity index (χ2n) is 8.58. The van der Waals surface area contributed by atoms with Gasteiger partial charge in [-0.05, 0) is 67.3 Å². The fraction of sp³-hybridized carbons (Fsp3) is 0.321. The molecule has 2 atom stereocenters. The highest BCUT2D eigenvalue weighted by molar-refractivity contribution is 6.42. The Morgan fingerprint density at radius 3 is 2.43 bits per heavy atom. The molecule has 0 aromatic heterocycles. The SMILES string of the molecule is CCOc1cc(C(c2ccc(Cl)c(Cl)c2)N2CCCCC2C(=O)O)ccc1OCc1ccccc1. The molecule has 1 aliphatic rings. The van der Waals surface area contributed by atoms with Crippen molar-refractivity contribution in [2.45, 2.75) is 44.9 Å². The average molecular weight is 514 g/mol. The van der Waals surface area contributed by atoms with Crippen LogP contribution in [-0.4, -0.2) is 35.2 Å². The molecule has 3 aromatic carbocycles. The first-order chi connectivity index (χ1) is 17.0. The number of hydrogen-bond acceptors (Lipinski definition) is 4. The van der Waals surface area contributed by atoms with Crippen LogP contribution in [0.15, 0.2) is 66.7 Å². The molecule has 0 bridgehead atoms. The second-order valence-corrected chi connectivity index (χ2v) is 9.39. The molecule has 1 heterocycles. The van der Waals surface area contributed by atoms with E-state index in [9.17, 15) is 9.90 Å². The van der Waals surface area contributed by atoms with Gasteiger partial charge in [0, 0.05) is 0 Å². The Kier molecular flexibility index (Phi) is 8.55. The first-order valence-corrected chi connectivity index (χ1v) is 12.6. The van der Waals surface area contributed by atoms with Gasteiger partial charge in [-0.3, -0.25) is 9.69 Å². The van der Waals surface area contributed by atoms with Crippen molar-refractivity contribution >= 4 is 29.2 Å². The summed E-state index contributed by atoms with van der Waals surface area (Å²) in [7, 11) is 0. The van der Waals surface area contributed by atoms with Gasteiger partial charge in [0.2, 0.25) is 0 Å². The molecule has 2 unspecified atom stereocenters. The molecule has 0 radical (unpaired) electrons. The zero-order valence-corrected chi connectivity index (χ0v) is 21.1. The topological polar surface area (TPSA) is 59.0 Å². The van der Waals surface area contributed by atoms with Crippen LogP contribution in [0.4, 0.5) is 0 Å². The van der Waals surface area contributed by atoms with Gasteiger partial charge in [-0.25, -0.2) is 0 Å². The number of rotatable bonds is 9. The van der Waals surface area contributed by atoms with E-state index in [2.05, 4.69) is 0 Å². The van der Waals surface area contributed by atoms with E-state index in [0.29, 0.717) is 47.7 Å². The molecule has 1 N–H and O–H groups in total. The molecule has 5 nitrogen and oxygen atoms in total. The van der Waals surface area contributed by atoms with Crippen molar-refractivity contribution < 1.29 is 19.4 Å². The van der Waals surface area contributed by atoms with Crippen LogP contribution in [0.2, 0.25) is 10.0 Å². The highest BCUT2D eigenvalue weighted by Crippen LogP contribution is 2.40. The Bertz CT molecular complexity index is 1150. The van der Waals surface area contributed by atoms with Crippen LogP contribution in [-0.2, 0) is 11.4 Å². The van der Waals surface area contributed by atoms with E-state index in [0.717, 1.165) is 29.5 Å². The number of likely N-dealkylation sites (tertiary alicyclic amines) is 1. The summed E-state index contributed by atoms with van der Waals surface area (Å²) < 4.78 is 12.0. The minimum Gasteiger partial charge on any atom is -0.490 e. The number of aliphatic carboxylic acids is 1. The third kappa shape index (κ3) is 6.10. The quantitative estimate of drug-likeness (QED) is 0.333. The van der Waals surface area contributed by atoms with Crippen molar-refractivity contribution in [2.24, 2.45) is 0 Å². The largest absolute Gasteiger partial charge is 0.490 e. The van der Waals surface area contributed by atoms with Crippen LogP contribution < -0.4 is 9.47 Å². The van der Waals surface area contributed by atoms with E-state index in [1.807, 2.05) is 72.5 Å². The fourth-order valence-electron chi connectivity index (χ4n) is 4.60. The molecular weight excluding hydrogens is 485 g/mol. The maximum Gasteiger partial charge on any atom is 0.320 e. The Morgan fingerprint density at radius 2 is 1.71 bits per heavy atom. The summed E-state index contributed by atoms with van der Waals surface area (Å²) in [6.07, 6.45) is 2.42. The maximum absolute atomic E-state index is 12.2. The predicted octanol–water partition coefficient (Wildman–Crippen LogP) is 7.00. The summed E-state index contributed by atoms with van der Waals surface area (Å²) in [4.78, 5) is 14.2. The van der Waals surface area contributed by atoms with Crippen molar-refractivity contribution in [3.05, 3.63) is 93.5 Å². The van der Waals surface area contributed by atoms with Crippen LogP contribution >= 0.6 is 23.2 Å². The maximum atomic E-state index is 12.2. The van der Waals surface area contributed by atoms with Crippen molar-refractivity contribution in [3.8, 4) is 11.5 Å². The number of hydrogen-bond donors (Lipinski definition) is 1. The molecule has 0 aliphatic carbocycles. The summed E-state index contributed by atoms with van der Waals surface area (Å²) in [6.45, 7) is 3.49. The zero-order valence-electron chi connectivity index (χ0n) is 19.6. The van der Waals surface area contributed by atoms with Gasteiger partial charge in [0.1, 0.15) is 12.6 Å². The number of carboxylic acid groups (broad SMARTS) is 1. The lowest BCUT2D eigenvalue weighted by molar-refractivity contribution is -0.145. The summed E-state index contributed by atoms with van der Waals surface area (Å²) in [5.74, 6) is 0.443. The molecule has 4 rings (SSSR count).